The van der Waals surface area contributed by atoms with Gasteiger partial charge in [-0.05, 0) is 36.1 Å². The average Bonchev–Trinajstić information content (AvgIpc) is 3.03. The summed E-state index contributed by atoms with van der Waals surface area (Å²) >= 11 is 6.22. The quantitative estimate of drug-likeness (QED) is 0.851. The lowest BCUT2D eigenvalue weighted by atomic mass is 9.97. The van der Waals surface area contributed by atoms with Crippen LogP contribution in [0, 0.1) is 0 Å². The smallest absolute Gasteiger partial charge is 0.227 e. The fourth-order valence-corrected chi connectivity index (χ4v) is 3.24. The maximum absolute atomic E-state index is 12.4. The number of carbonyl (C=O) groups is 2. The predicted molar refractivity (Wildman–Crippen MR) is 101 cm³/mol. The van der Waals surface area contributed by atoms with Crippen LogP contribution in [-0.2, 0) is 9.59 Å². The lowest BCUT2D eigenvalue weighted by Crippen LogP contribution is -2.24. The van der Waals surface area contributed by atoms with Gasteiger partial charge in [-0.3, -0.25) is 9.59 Å². The van der Waals surface area contributed by atoms with Gasteiger partial charge in [0.1, 0.15) is 0 Å². The van der Waals surface area contributed by atoms with E-state index in [2.05, 4.69) is 5.32 Å². The van der Waals surface area contributed by atoms with Crippen molar-refractivity contribution in [3.63, 3.8) is 0 Å². The second kappa shape index (κ2) is 7.70. The molecule has 25 heavy (non-hydrogen) atoms. The van der Waals surface area contributed by atoms with Gasteiger partial charge in [0.05, 0.1) is 10.7 Å². The van der Waals surface area contributed by atoms with Gasteiger partial charge in [0.25, 0.3) is 0 Å². The topological polar surface area (TPSA) is 49.4 Å². The molecule has 1 heterocycles. The van der Waals surface area contributed by atoms with E-state index in [1.54, 1.807) is 17.0 Å². The number of nitrogens with zero attached hydrogens (tertiary/aromatic N) is 1. The second-order valence-corrected chi connectivity index (χ2v) is 6.78. The van der Waals surface area contributed by atoms with Gasteiger partial charge in [-0.2, -0.15) is 0 Å². The van der Waals surface area contributed by atoms with Crippen LogP contribution in [0.5, 0.6) is 0 Å². The predicted octanol–water partition coefficient (Wildman–Crippen LogP) is 4.60. The Morgan fingerprint density at radius 1 is 1.24 bits per heavy atom. The summed E-state index contributed by atoms with van der Waals surface area (Å²) in [6.07, 6.45) is 1.80. The van der Waals surface area contributed by atoms with Crippen LogP contribution in [0.2, 0.25) is 5.02 Å². The molecule has 1 aliphatic heterocycles. The maximum atomic E-state index is 12.4. The van der Waals surface area contributed by atoms with Crippen molar-refractivity contribution in [3.8, 4) is 0 Å². The average molecular weight is 357 g/mol. The zero-order chi connectivity index (χ0) is 17.8. The SMILES string of the molecule is C[C@@H](CC(=O)Nc1cc(N2CCCC2=O)ccc1Cl)c1ccccc1. The van der Waals surface area contributed by atoms with E-state index in [1.807, 2.05) is 43.3 Å². The first-order chi connectivity index (χ1) is 12.0. The highest BCUT2D eigenvalue weighted by Crippen LogP contribution is 2.30. The van der Waals surface area contributed by atoms with Crippen molar-refractivity contribution in [1.29, 1.82) is 0 Å². The molecule has 0 radical (unpaired) electrons. The van der Waals surface area contributed by atoms with Crippen molar-refractivity contribution in [2.75, 3.05) is 16.8 Å². The monoisotopic (exact) mass is 356 g/mol. The van der Waals surface area contributed by atoms with Gasteiger partial charge in [0, 0.05) is 25.1 Å². The van der Waals surface area contributed by atoms with Gasteiger partial charge in [-0.25, -0.2) is 0 Å². The van der Waals surface area contributed by atoms with Crippen LogP contribution in [0.1, 0.15) is 37.7 Å². The number of amides is 2. The summed E-state index contributed by atoms with van der Waals surface area (Å²) in [4.78, 5) is 26.0. The number of benzene rings is 2. The summed E-state index contributed by atoms with van der Waals surface area (Å²) in [6, 6.07) is 15.2. The zero-order valence-corrected chi connectivity index (χ0v) is 14.9. The first-order valence-electron chi connectivity index (χ1n) is 8.49. The number of carbonyl (C=O) groups excluding carboxylic acids is 2. The van der Waals surface area contributed by atoms with Crippen LogP contribution in [0.3, 0.4) is 0 Å². The summed E-state index contributed by atoms with van der Waals surface area (Å²) < 4.78 is 0. The molecule has 3 rings (SSSR count). The Bertz CT molecular complexity index is 777. The molecule has 130 valence electrons. The van der Waals surface area contributed by atoms with Gasteiger partial charge < -0.3 is 10.2 Å². The van der Waals surface area contributed by atoms with E-state index >= 15 is 0 Å². The van der Waals surface area contributed by atoms with Gasteiger partial charge in [-0.15, -0.1) is 0 Å². The molecular weight excluding hydrogens is 336 g/mol. The standard InChI is InChI=1S/C20H21ClN2O2/c1-14(15-6-3-2-4-7-15)12-19(24)22-18-13-16(9-10-17(18)21)23-11-5-8-20(23)25/h2-4,6-7,9-10,13-14H,5,8,11-12H2,1H3,(H,22,24)/t14-/m0/s1. The van der Waals surface area contributed by atoms with E-state index in [-0.39, 0.29) is 17.7 Å². The summed E-state index contributed by atoms with van der Waals surface area (Å²) in [6.45, 7) is 2.73. The van der Waals surface area contributed by atoms with Crippen molar-refractivity contribution < 1.29 is 9.59 Å². The third-order valence-electron chi connectivity index (χ3n) is 4.47. The molecule has 0 unspecified atom stereocenters. The van der Waals surface area contributed by atoms with E-state index in [1.165, 1.54) is 0 Å². The molecule has 1 N–H and O–H groups in total. The minimum absolute atomic E-state index is 0.0943. The van der Waals surface area contributed by atoms with E-state index < -0.39 is 0 Å². The molecule has 2 aromatic carbocycles. The second-order valence-electron chi connectivity index (χ2n) is 6.38. The van der Waals surface area contributed by atoms with Gasteiger partial charge in [-0.1, -0.05) is 48.9 Å². The molecule has 2 aromatic rings. The highest BCUT2D eigenvalue weighted by molar-refractivity contribution is 6.33. The van der Waals surface area contributed by atoms with Crippen LogP contribution in [-0.4, -0.2) is 18.4 Å². The highest BCUT2D eigenvalue weighted by atomic mass is 35.5. The van der Waals surface area contributed by atoms with E-state index in [9.17, 15) is 9.59 Å². The van der Waals surface area contributed by atoms with E-state index in [0.29, 0.717) is 30.1 Å². The lowest BCUT2D eigenvalue weighted by Gasteiger charge is -2.18. The summed E-state index contributed by atoms with van der Waals surface area (Å²) in [5, 5.41) is 3.35. The summed E-state index contributed by atoms with van der Waals surface area (Å²) in [5.74, 6) is 0.128. The Morgan fingerprint density at radius 2 is 2.00 bits per heavy atom. The minimum atomic E-state index is -0.0943. The zero-order valence-electron chi connectivity index (χ0n) is 14.2. The minimum Gasteiger partial charge on any atom is -0.325 e. The van der Waals surface area contributed by atoms with Crippen LogP contribution in [0.4, 0.5) is 11.4 Å². The van der Waals surface area contributed by atoms with Gasteiger partial charge in [0.15, 0.2) is 0 Å². The van der Waals surface area contributed by atoms with Gasteiger partial charge >= 0.3 is 0 Å². The molecule has 1 fully saturated rings. The molecule has 0 aliphatic carbocycles. The fourth-order valence-electron chi connectivity index (χ4n) is 3.08. The normalized spacial score (nSPS) is 15.3. The molecule has 1 saturated heterocycles. The molecule has 5 heteroatoms. The third kappa shape index (κ3) is 4.20. The lowest BCUT2D eigenvalue weighted by molar-refractivity contribution is -0.117. The Balaban J connectivity index is 1.69. The molecule has 2 amide bonds. The Hall–Kier alpha value is -2.33. The number of nitrogens with one attached hydrogen (secondary N) is 1. The van der Waals surface area contributed by atoms with Crippen LogP contribution in [0.25, 0.3) is 0 Å². The van der Waals surface area contributed by atoms with Crippen molar-refractivity contribution in [2.24, 2.45) is 0 Å². The molecule has 4 nitrogen and oxygen atoms in total. The van der Waals surface area contributed by atoms with E-state index in [0.717, 1.165) is 17.7 Å². The summed E-state index contributed by atoms with van der Waals surface area (Å²) in [7, 11) is 0. The molecule has 1 aliphatic rings. The molecule has 0 aromatic heterocycles. The van der Waals surface area contributed by atoms with Crippen molar-refractivity contribution in [2.45, 2.75) is 32.1 Å². The summed E-state index contributed by atoms with van der Waals surface area (Å²) in [5.41, 5.74) is 2.45. The van der Waals surface area contributed by atoms with Crippen molar-refractivity contribution >= 4 is 34.8 Å². The Labute approximate surface area is 152 Å². The number of rotatable bonds is 5. The molecule has 0 bridgehead atoms. The van der Waals surface area contributed by atoms with Crippen molar-refractivity contribution in [1.82, 2.24) is 0 Å². The van der Waals surface area contributed by atoms with Crippen LogP contribution < -0.4 is 10.2 Å². The Kier molecular flexibility index (Phi) is 5.39. The number of hydrogen-bond acceptors (Lipinski definition) is 2. The molecule has 1 atom stereocenters. The molecule has 0 spiro atoms. The van der Waals surface area contributed by atoms with Crippen LogP contribution in [0.15, 0.2) is 48.5 Å². The van der Waals surface area contributed by atoms with Crippen LogP contribution >= 0.6 is 11.6 Å². The van der Waals surface area contributed by atoms with E-state index in [4.69, 9.17) is 11.6 Å². The molecular formula is C20H21ClN2O2. The molecule has 0 saturated carbocycles. The number of anilines is 2. The van der Waals surface area contributed by atoms with Crippen molar-refractivity contribution in [3.05, 3.63) is 59.1 Å². The largest absolute Gasteiger partial charge is 0.325 e. The third-order valence-corrected chi connectivity index (χ3v) is 4.80. The van der Waals surface area contributed by atoms with Gasteiger partial charge in [0.2, 0.25) is 11.8 Å². The maximum Gasteiger partial charge on any atom is 0.227 e. The first kappa shape index (κ1) is 17.5. The highest BCUT2D eigenvalue weighted by Gasteiger charge is 2.22. The fraction of sp³-hybridized carbons (Fsp3) is 0.300. The Morgan fingerprint density at radius 3 is 2.68 bits per heavy atom. The number of hydrogen-bond donors (Lipinski definition) is 1. The number of halogens is 1. The first-order valence-corrected chi connectivity index (χ1v) is 8.87.